The van der Waals surface area contributed by atoms with Gasteiger partial charge in [0, 0.05) is 19.6 Å². The summed E-state index contributed by atoms with van der Waals surface area (Å²) in [5, 5.41) is 0. The Balaban J connectivity index is 3.30. The molecule has 0 bridgehead atoms. The molecule has 0 N–H and O–H groups in total. The lowest BCUT2D eigenvalue weighted by Crippen LogP contribution is -2.13. The summed E-state index contributed by atoms with van der Waals surface area (Å²) < 4.78 is 16.4. The minimum Gasteiger partial charge on any atom is -0.466 e. The van der Waals surface area contributed by atoms with Crippen LogP contribution in [0.25, 0.3) is 0 Å². The highest BCUT2D eigenvalue weighted by Crippen LogP contribution is 2.12. The Labute approximate surface area is 156 Å². The summed E-state index contributed by atoms with van der Waals surface area (Å²) in [5.41, 5.74) is 0. The molecule has 0 heterocycles. The predicted molar refractivity (Wildman–Crippen MR) is 104 cm³/mol. The Morgan fingerprint density at radius 3 is 2.20 bits per heavy atom. The molecule has 0 aliphatic heterocycles. The summed E-state index contributed by atoms with van der Waals surface area (Å²) in [5.74, 6) is 0.578. The molecule has 150 valence electrons. The zero-order valence-electron chi connectivity index (χ0n) is 17.0. The fourth-order valence-corrected chi connectivity index (χ4v) is 2.65. The summed E-state index contributed by atoms with van der Waals surface area (Å²) in [6, 6.07) is 0. The van der Waals surface area contributed by atoms with E-state index in [-0.39, 0.29) is 5.97 Å². The van der Waals surface area contributed by atoms with E-state index in [1.54, 1.807) is 0 Å². The first-order valence-corrected chi connectivity index (χ1v) is 10.6. The van der Waals surface area contributed by atoms with E-state index in [4.69, 9.17) is 14.2 Å². The van der Waals surface area contributed by atoms with Gasteiger partial charge in [-0.2, -0.15) is 0 Å². The van der Waals surface area contributed by atoms with Gasteiger partial charge in [-0.1, -0.05) is 65.7 Å². The van der Waals surface area contributed by atoms with Gasteiger partial charge < -0.3 is 14.2 Å². The van der Waals surface area contributed by atoms with Gasteiger partial charge in [0.25, 0.3) is 0 Å². The summed E-state index contributed by atoms with van der Waals surface area (Å²) >= 11 is 0. The molecule has 0 fully saturated rings. The van der Waals surface area contributed by atoms with E-state index in [9.17, 15) is 4.79 Å². The van der Waals surface area contributed by atoms with Crippen molar-refractivity contribution >= 4 is 5.97 Å². The Bertz CT molecular complexity index is 281. The van der Waals surface area contributed by atoms with Crippen molar-refractivity contribution in [3.8, 4) is 0 Å². The molecule has 0 amide bonds. The number of hydrogen-bond donors (Lipinski definition) is 0. The molecule has 0 radical (unpaired) electrons. The first kappa shape index (κ1) is 24.4. The molecule has 25 heavy (non-hydrogen) atoms. The van der Waals surface area contributed by atoms with Gasteiger partial charge >= 0.3 is 5.97 Å². The largest absolute Gasteiger partial charge is 0.466 e. The van der Waals surface area contributed by atoms with E-state index >= 15 is 0 Å². The van der Waals surface area contributed by atoms with Crippen molar-refractivity contribution in [2.24, 2.45) is 5.92 Å². The summed E-state index contributed by atoms with van der Waals surface area (Å²) in [4.78, 5) is 11.6. The van der Waals surface area contributed by atoms with Crippen LogP contribution in [0.4, 0.5) is 0 Å². The number of hydrogen-bond acceptors (Lipinski definition) is 4. The maximum Gasteiger partial charge on any atom is 0.305 e. The van der Waals surface area contributed by atoms with Crippen LogP contribution < -0.4 is 0 Å². The van der Waals surface area contributed by atoms with Gasteiger partial charge in [0.15, 0.2) is 0 Å². The van der Waals surface area contributed by atoms with Gasteiger partial charge in [0.05, 0.1) is 19.8 Å². The van der Waals surface area contributed by atoms with Crippen LogP contribution in [0.3, 0.4) is 0 Å². The Hall–Kier alpha value is -0.610. The van der Waals surface area contributed by atoms with E-state index in [2.05, 4.69) is 20.8 Å². The first-order valence-electron chi connectivity index (χ1n) is 10.6. The van der Waals surface area contributed by atoms with Crippen molar-refractivity contribution < 1.29 is 19.0 Å². The first-order chi connectivity index (χ1) is 12.2. The maximum atomic E-state index is 11.6. The van der Waals surface area contributed by atoms with Crippen molar-refractivity contribution in [1.29, 1.82) is 0 Å². The highest BCUT2D eigenvalue weighted by atomic mass is 16.5. The van der Waals surface area contributed by atoms with Gasteiger partial charge in [-0.15, -0.1) is 0 Å². The highest BCUT2D eigenvalue weighted by molar-refractivity contribution is 5.69. The smallest absolute Gasteiger partial charge is 0.305 e. The second kappa shape index (κ2) is 19.7. The normalized spacial score (nSPS) is 12.3. The molecule has 1 atom stereocenters. The van der Waals surface area contributed by atoms with E-state index in [1.165, 1.54) is 44.9 Å². The second-order valence-electron chi connectivity index (χ2n) is 6.84. The molecule has 0 aliphatic carbocycles. The molecule has 4 heteroatoms. The molecule has 0 saturated carbocycles. The number of ether oxygens (including phenoxy) is 3. The SMILES string of the molecule is CCCCCCCOC(=O)CCCOCCOCC(CC)CCCC. The zero-order chi connectivity index (χ0) is 18.6. The molecule has 0 aromatic rings. The number of rotatable bonds is 19. The molecule has 0 aromatic carbocycles. The molecule has 0 saturated heterocycles. The standard InChI is InChI=1S/C21H42O4/c1-4-7-9-10-11-16-25-21(22)14-12-15-23-17-18-24-19-20(6-3)13-8-5-2/h20H,4-19H2,1-3H3. The lowest BCUT2D eigenvalue weighted by Gasteiger charge is -2.14. The van der Waals surface area contributed by atoms with Crippen LogP contribution in [0.2, 0.25) is 0 Å². The van der Waals surface area contributed by atoms with Crippen LogP contribution in [0.15, 0.2) is 0 Å². The molecule has 0 rings (SSSR count). The highest BCUT2D eigenvalue weighted by Gasteiger charge is 2.06. The van der Waals surface area contributed by atoms with Crippen LogP contribution in [0.5, 0.6) is 0 Å². The Kier molecular flexibility index (Phi) is 19.2. The third-order valence-electron chi connectivity index (χ3n) is 4.45. The van der Waals surface area contributed by atoms with Crippen LogP contribution in [-0.4, -0.2) is 39.0 Å². The van der Waals surface area contributed by atoms with E-state index < -0.39 is 0 Å². The van der Waals surface area contributed by atoms with Gasteiger partial charge in [-0.25, -0.2) is 0 Å². The molecule has 0 spiro atoms. The summed E-state index contributed by atoms with van der Waals surface area (Å²) in [6.07, 6.45) is 12.0. The van der Waals surface area contributed by atoms with Gasteiger partial charge in [0.1, 0.15) is 0 Å². The van der Waals surface area contributed by atoms with Crippen LogP contribution in [-0.2, 0) is 19.0 Å². The predicted octanol–water partition coefficient (Wildman–Crippen LogP) is 5.53. The minimum atomic E-state index is -0.1000. The molecular formula is C21H42O4. The van der Waals surface area contributed by atoms with Crippen molar-refractivity contribution in [2.45, 2.75) is 91.4 Å². The lowest BCUT2D eigenvalue weighted by molar-refractivity contribution is -0.144. The second-order valence-corrected chi connectivity index (χ2v) is 6.84. The fourth-order valence-electron chi connectivity index (χ4n) is 2.65. The van der Waals surface area contributed by atoms with Crippen LogP contribution in [0, 0.1) is 5.92 Å². The van der Waals surface area contributed by atoms with Crippen LogP contribution in [0.1, 0.15) is 91.4 Å². The number of unbranched alkanes of at least 4 members (excludes halogenated alkanes) is 5. The van der Waals surface area contributed by atoms with E-state index in [0.717, 1.165) is 25.9 Å². The third kappa shape index (κ3) is 18.0. The number of esters is 1. The third-order valence-corrected chi connectivity index (χ3v) is 4.45. The summed E-state index contributed by atoms with van der Waals surface area (Å²) in [6.45, 7) is 9.90. The Morgan fingerprint density at radius 1 is 0.760 bits per heavy atom. The monoisotopic (exact) mass is 358 g/mol. The minimum absolute atomic E-state index is 0.1000. The van der Waals surface area contributed by atoms with Gasteiger partial charge in [0.2, 0.25) is 0 Å². The average Bonchev–Trinajstić information content (AvgIpc) is 2.62. The molecule has 0 aromatic heterocycles. The van der Waals surface area contributed by atoms with E-state index in [1.807, 2.05) is 0 Å². The number of carbonyl (C=O) groups is 1. The van der Waals surface area contributed by atoms with Gasteiger partial charge in [-0.3, -0.25) is 4.79 Å². The van der Waals surface area contributed by atoms with Crippen molar-refractivity contribution in [3.63, 3.8) is 0 Å². The van der Waals surface area contributed by atoms with Crippen molar-refractivity contribution in [3.05, 3.63) is 0 Å². The van der Waals surface area contributed by atoms with Gasteiger partial charge in [-0.05, 0) is 25.2 Å². The fraction of sp³-hybridized carbons (Fsp3) is 0.952. The number of carbonyl (C=O) groups excluding carboxylic acids is 1. The average molecular weight is 359 g/mol. The Morgan fingerprint density at radius 2 is 1.48 bits per heavy atom. The quantitative estimate of drug-likeness (QED) is 0.225. The van der Waals surface area contributed by atoms with Crippen molar-refractivity contribution in [2.75, 3.05) is 33.0 Å². The molecule has 1 unspecified atom stereocenters. The molecular weight excluding hydrogens is 316 g/mol. The lowest BCUT2D eigenvalue weighted by atomic mass is 10.0. The molecule has 4 nitrogen and oxygen atoms in total. The van der Waals surface area contributed by atoms with E-state index in [0.29, 0.717) is 38.8 Å². The summed E-state index contributed by atoms with van der Waals surface area (Å²) in [7, 11) is 0. The topological polar surface area (TPSA) is 44.8 Å². The maximum absolute atomic E-state index is 11.6. The zero-order valence-corrected chi connectivity index (χ0v) is 17.0. The molecule has 0 aliphatic rings. The van der Waals surface area contributed by atoms with Crippen LogP contribution >= 0.6 is 0 Å². The van der Waals surface area contributed by atoms with Crippen molar-refractivity contribution in [1.82, 2.24) is 0 Å².